The highest BCUT2D eigenvalue weighted by Crippen LogP contribution is 2.38. The van der Waals surface area contributed by atoms with Crippen LogP contribution in [0.1, 0.15) is 22.3 Å². The molecule has 6 rings (SSSR count). The minimum Gasteiger partial charge on any atom is -0.374 e. The predicted molar refractivity (Wildman–Crippen MR) is 180 cm³/mol. The van der Waals surface area contributed by atoms with Crippen molar-refractivity contribution in [3.63, 3.8) is 0 Å². The van der Waals surface area contributed by atoms with Crippen molar-refractivity contribution in [2.24, 2.45) is 0 Å². The lowest BCUT2D eigenvalue weighted by Crippen LogP contribution is -2.60. The van der Waals surface area contributed by atoms with E-state index in [1.165, 1.54) is 11.8 Å². The SMILES string of the molecule is c1ccc(COC[C@H]2O[C@@H](Sc3ccccn3)[C@@H](OCc3ccccc3)[C@@H](OCc3ccccc3)[C@H]2OCc2ccccc2)cc1. The number of hydrogen-bond donors (Lipinski definition) is 0. The van der Waals surface area contributed by atoms with Gasteiger partial charge >= 0.3 is 0 Å². The fourth-order valence-electron chi connectivity index (χ4n) is 5.38. The number of ether oxygens (including phenoxy) is 5. The topological polar surface area (TPSA) is 59.0 Å². The third-order valence-corrected chi connectivity index (χ3v) is 8.81. The molecule has 1 saturated heterocycles. The Morgan fingerprint density at radius 3 is 1.46 bits per heavy atom. The fraction of sp³-hybridized carbons (Fsp3) is 0.256. The molecule has 236 valence electrons. The van der Waals surface area contributed by atoms with E-state index in [1.807, 2.05) is 91.0 Å². The predicted octanol–water partition coefficient (Wildman–Crippen LogP) is 7.87. The molecule has 0 N–H and O–H groups in total. The van der Waals surface area contributed by atoms with Crippen LogP contribution < -0.4 is 0 Å². The molecule has 4 aromatic carbocycles. The molecule has 5 atom stereocenters. The monoisotopic (exact) mass is 633 g/mol. The van der Waals surface area contributed by atoms with Crippen LogP contribution in [-0.2, 0) is 50.1 Å². The summed E-state index contributed by atoms with van der Waals surface area (Å²) in [6.07, 6.45) is -0.0392. The molecule has 1 aromatic heterocycles. The second kappa shape index (κ2) is 17.2. The first-order valence-electron chi connectivity index (χ1n) is 15.6. The van der Waals surface area contributed by atoms with Crippen molar-refractivity contribution in [2.45, 2.75) is 61.3 Å². The van der Waals surface area contributed by atoms with Crippen molar-refractivity contribution in [1.29, 1.82) is 0 Å². The van der Waals surface area contributed by atoms with Crippen LogP contribution >= 0.6 is 11.8 Å². The van der Waals surface area contributed by atoms with E-state index in [9.17, 15) is 0 Å². The molecule has 0 bridgehead atoms. The van der Waals surface area contributed by atoms with Crippen LogP contribution in [0.3, 0.4) is 0 Å². The lowest BCUT2D eigenvalue weighted by atomic mass is 9.98. The molecule has 1 aliphatic heterocycles. The standard InChI is InChI=1S/C39H39NO5S/c1-5-15-30(16-6-1)25-41-29-34-36(42-26-31-17-7-2-8-18-31)37(43-27-32-19-9-3-10-20-32)38(44-28-33-21-11-4-12-22-33)39(45-34)46-35-23-13-14-24-40-35/h1-24,34,36-39H,25-29H2/t34-,36+,37+,38+,39+/m1/s1. The van der Waals surface area contributed by atoms with Crippen molar-refractivity contribution in [1.82, 2.24) is 4.98 Å². The molecule has 2 heterocycles. The Bertz CT molecular complexity index is 1550. The highest BCUT2D eigenvalue weighted by atomic mass is 32.2. The Morgan fingerprint density at radius 1 is 0.500 bits per heavy atom. The van der Waals surface area contributed by atoms with Gasteiger partial charge in [-0.15, -0.1) is 0 Å². The molecule has 5 aromatic rings. The van der Waals surface area contributed by atoms with Crippen LogP contribution in [0.4, 0.5) is 0 Å². The minimum atomic E-state index is -0.471. The van der Waals surface area contributed by atoms with Gasteiger partial charge in [-0.25, -0.2) is 4.98 Å². The molecule has 0 unspecified atom stereocenters. The van der Waals surface area contributed by atoms with E-state index in [1.54, 1.807) is 6.20 Å². The van der Waals surface area contributed by atoms with Crippen molar-refractivity contribution in [2.75, 3.05) is 6.61 Å². The van der Waals surface area contributed by atoms with Crippen molar-refractivity contribution in [3.8, 4) is 0 Å². The lowest BCUT2D eigenvalue weighted by Gasteiger charge is -2.46. The second-order valence-electron chi connectivity index (χ2n) is 11.1. The summed E-state index contributed by atoms with van der Waals surface area (Å²) in [4.78, 5) is 4.59. The van der Waals surface area contributed by atoms with E-state index in [2.05, 4.69) is 53.5 Å². The molecular weight excluding hydrogens is 594 g/mol. The highest BCUT2D eigenvalue weighted by molar-refractivity contribution is 7.99. The first-order valence-corrected chi connectivity index (χ1v) is 16.5. The molecule has 1 aliphatic rings. The molecule has 0 radical (unpaired) electrons. The first-order chi connectivity index (χ1) is 22.8. The van der Waals surface area contributed by atoms with Gasteiger partial charge in [-0.1, -0.05) is 139 Å². The van der Waals surface area contributed by atoms with Crippen molar-refractivity contribution < 1.29 is 23.7 Å². The van der Waals surface area contributed by atoms with E-state index in [4.69, 9.17) is 23.7 Å². The summed E-state index contributed by atoms with van der Waals surface area (Å²) in [6, 6.07) is 46.6. The number of nitrogens with zero attached hydrogens (tertiary/aromatic N) is 1. The van der Waals surface area contributed by atoms with E-state index >= 15 is 0 Å². The van der Waals surface area contributed by atoms with Gasteiger partial charge in [0.25, 0.3) is 0 Å². The maximum atomic E-state index is 6.88. The van der Waals surface area contributed by atoms with Crippen LogP contribution in [0, 0.1) is 0 Å². The number of rotatable bonds is 15. The molecule has 0 amide bonds. The van der Waals surface area contributed by atoms with Gasteiger partial charge in [0.15, 0.2) is 0 Å². The van der Waals surface area contributed by atoms with E-state index in [0.717, 1.165) is 27.3 Å². The third-order valence-electron chi connectivity index (χ3n) is 7.72. The average molecular weight is 634 g/mol. The van der Waals surface area contributed by atoms with Gasteiger partial charge in [0.05, 0.1) is 38.1 Å². The quantitative estimate of drug-likeness (QED) is 0.116. The van der Waals surface area contributed by atoms with Gasteiger partial charge in [0, 0.05) is 6.20 Å². The molecule has 0 aliphatic carbocycles. The van der Waals surface area contributed by atoms with Crippen LogP contribution in [0.5, 0.6) is 0 Å². The van der Waals surface area contributed by atoms with Crippen molar-refractivity contribution in [3.05, 3.63) is 168 Å². The van der Waals surface area contributed by atoms with Crippen LogP contribution in [0.15, 0.2) is 151 Å². The minimum absolute atomic E-state index is 0.324. The Labute approximate surface area is 275 Å². The van der Waals surface area contributed by atoms with Gasteiger partial charge in [0.1, 0.15) is 29.9 Å². The summed E-state index contributed by atoms with van der Waals surface area (Å²) < 4.78 is 33.5. The number of benzene rings is 4. The van der Waals surface area contributed by atoms with Crippen molar-refractivity contribution >= 4 is 11.8 Å². The summed E-state index contributed by atoms with van der Waals surface area (Å²) in [5, 5.41) is 0.843. The maximum absolute atomic E-state index is 6.88. The van der Waals surface area contributed by atoms with Crippen LogP contribution in [0.25, 0.3) is 0 Å². The summed E-state index contributed by atoms with van der Waals surface area (Å²) >= 11 is 1.53. The van der Waals surface area contributed by atoms with Gasteiger partial charge in [-0.2, -0.15) is 0 Å². The summed E-state index contributed by atoms with van der Waals surface area (Å²) in [5.41, 5.74) is 3.88. The van der Waals surface area contributed by atoms with Gasteiger partial charge in [-0.3, -0.25) is 0 Å². The highest BCUT2D eigenvalue weighted by Gasteiger charge is 2.49. The fourth-order valence-corrected chi connectivity index (χ4v) is 6.46. The van der Waals surface area contributed by atoms with E-state index in [-0.39, 0.29) is 0 Å². The van der Waals surface area contributed by atoms with Gasteiger partial charge in [0.2, 0.25) is 0 Å². The zero-order valence-electron chi connectivity index (χ0n) is 25.7. The van der Waals surface area contributed by atoms with E-state index in [0.29, 0.717) is 33.0 Å². The number of hydrogen-bond acceptors (Lipinski definition) is 7. The first kappa shape index (κ1) is 32.1. The van der Waals surface area contributed by atoms with Crippen LogP contribution in [-0.4, -0.2) is 41.4 Å². The molecule has 1 fully saturated rings. The third kappa shape index (κ3) is 9.36. The van der Waals surface area contributed by atoms with Crippen LogP contribution in [0.2, 0.25) is 0 Å². The number of aromatic nitrogens is 1. The Morgan fingerprint density at radius 2 is 0.957 bits per heavy atom. The largest absolute Gasteiger partial charge is 0.374 e. The van der Waals surface area contributed by atoms with Gasteiger partial charge in [-0.05, 0) is 34.4 Å². The zero-order valence-corrected chi connectivity index (χ0v) is 26.5. The molecule has 46 heavy (non-hydrogen) atoms. The van der Waals surface area contributed by atoms with Gasteiger partial charge < -0.3 is 23.7 Å². The normalized spacial score (nSPS) is 21.2. The lowest BCUT2D eigenvalue weighted by molar-refractivity contribution is -0.254. The average Bonchev–Trinajstić information content (AvgIpc) is 3.12. The van der Waals surface area contributed by atoms with E-state index < -0.39 is 29.9 Å². The second-order valence-corrected chi connectivity index (χ2v) is 12.2. The summed E-state index contributed by atoms with van der Waals surface area (Å²) in [6.45, 7) is 2.00. The Hall–Kier alpha value is -3.82. The smallest absolute Gasteiger partial charge is 0.138 e. The maximum Gasteiger partial charge on any atom is 0.138 e. The number of thioether (sulfide) groups is 1. The Balaban J connectivity index is 1.31. The Kier molecular flexibility index (Phi) is 12.0. The molecule has 0 spiro atoms. The molecule has 0 saturated carbocycles. The zero-order chi connectivity index (χ0) is 31.2. The summed E-state index contributed by atoms with van der Waals surface area (Å²) in [7, 11) is 0. The molecule has 7 heteroatoms. The number of pyridine rings is 1. The summed E-state index contributed by atoms with van der Waals surface area (Å²) in [5.74, 6) is 0. The molecular formula is C39H39NO5S. The molecule has 6 nitrogen and oxygen atoms in total.